The van der Waals surface area contributed by atoms with E-state index in [0.29, 0.717) is 29.2 Å². The molecule has 4 rings (SSSR count). The normalized spacial score (nSPS) is 16.6. The number of fused-ring (bicyclic) bond motifs is 1. The smallest absolute Gasteiger partial charge is 0.323 e. The van der Waals surface area contributed by atoms with Crippen LogP contribution in [0.25, 0.3) is 0 Å². The average Bonchev–Trinajstić information content (AvgIpc) is 3.10. The second-order valence-electron chi connectivity index (χ2n) is 8.66. The maximum absolute atomic E-state index is 13.9. The summed E-state index contributed by atoms with van der Waals surface area (Å²) in [6.45, 7) is 1.59. The van der Waals surface area contributed by atoms with E-state index in [4.69, 9.17) is 27.9 Å². The highest BCUT2D eigenvalue weighted by Crippen LogP contribution is 2.38. The summed E-state index contributed by atoms with van der Waals surface area (Å²) >= 11 is 11.8. The highest BCUT2D eigenvalue weighted by Gasteiger charge is 2.36. The van der Waals surface area contributed by atoms with Gasteiger partial charge in [0.15, 0.2) is 0 Å². The Labute approximate surface area is 206 Å². The van der Waals surface area contributed by atoms with Gasteiger partial charge in [0.05, 0.1) is 5.02 Å². The van der Waals surface area contributed by atoms with Crippen LogP contribution in [0.1, 0.15) is 34.0 Å². The third-order valence-corrected chi connectivity index (χ3v) is 6.21. The van der Waals surface area contributed by atoms with Crippen LogP contribution >= 0.6 is 23.2 Å². The molecule has 34 heavy (non-hydrogen) atoms. The highest BCUT2D eigenvalue weighted by atomic mass is 35.5. The van der Waals surface area contributed by atoms with Crippen LogP contribution in [0.4, 0.5) is 4.39 Å². The SMILES string of the molecule is C[C@]1(Cc2ccc(Cl)c(F)c2)Cc2cc(C(=O)N(CC(=O)O)Cc3cccc(Cl)c3)ccc2O1. The van der Waals surface area contributed by atoms with Crippen LogP contribution in [0.3, 0.4) is 0 Å². The first-order valence-electron chi connectivity index (χ1n) is 10.6. The zero-order valence-electron chi connectivity index (χ0n) is 18.4. The summed E-state index contributed by atoms with van der Waals surface area (Å²) in [6.07, 6.45) is 0.972. The molecule has 1 amide bonds. The molecule has 1 atom stereocenters. The predicted octanol–water partition coefficient (Wildman–Crippen LogP) is 5.80. The lowest BCUT2D eigenvalue weighted by molar-refractivity contribution is -0.137. The molecule has 3 aromatic rings. The van der Waals surface area contributed by atoms with Crippen molar-refractivity contribution in [1.29, 1.82) is 0 Å². The first kappa shape index (κ1) is 24.0. The Kier molecular flexibility index (Phi) is 6.82. The lowest BCUT2D eigenvalue weighted by atomic mass is 9.91. The van der Waals surface area contributed by atoms with Crippen molar-refractivity contribution in [2.75, 3.05) is 6.54 Å². The van der Waals surface area contributed by atoms with Crippen molar-refractivity contribution in [1.82, 2.24) is 4.90 Å². The standard InChI is InChI=1S/C26H22Cl2FNO4/c1-26(12-16-5-7-21(28)22(29)10-16)13-19-11-18(6-8-23(19)34-26)25(33)30(15-24(31)32)14-17-3-2-4-20(27)9-17/h2-11H,12-15H2,1H3,(H,31,32)/t26-/m0/s1. The first-order valence-corrected chi connectivity index (χ1v) is 11.4. The number of carboxylic acids is 1. The molecule has 0 saturated carbocycles. The number of aliphatic carboxylic acids is 1. The maximum atomic E-state index is 13.9. The molecular weight excluding hydrogens is 480 g/mol. The number of hydrogen-bond donors (Lipinski definition) is 1. The van der Waals surface area contributed by atoms with Crippen molar-refractivity contribution < 1.29 is 23.8 Å². The molecule has 0 unspecified atom stereocenters. The van der Waals surface area contributed by atoms with Gasteiger partial charge in [-0.2, -0.15) is 0 Å². The quantitative estimate of drug-likeness (QED) is 0.444. The van der Waals surface area contributed by atoms with Crippen molar-refractivity contribution >= 4 is 35.1 Å². The van der Waals surface area contributed by atoms with E-state index >= 15 is 0 Å². The van der Waals surface area contributed by atoms with Crippen LogP contribution in [0.2, 0.25) is 10.0 Å². The number of ether oxygens (including phenoxy) is 1. The number of nitrogens with zero attached hydrogens (tertiary/aromatic N) is 1. The number of carbonyl (C=O) groups is 2. The molecule has 0 aromatic heterocycles. The van der Waals surface area contributed by atoms with E-state index < -0.39 is 29.8 Å². The predicted molar refractivity (Wildman–Crippen MR) is 128 cm³/mol. The van der Waals surface area contributed by atoms with Gasteiger partial charge in [0.25, 0.3) is 5.91 Å². The minimum Gasteiger partial charge on any atom is -0.487 e. The van der Waals surface area contributed by atoms with Crippen molar-refractivity contribution in [3.05, 3.63) is 98.8 Å². The fourth-order valence-electron chi connectivity index (χ4n) is 4.24. The molecule has 1 heterocycles. The van der Waals surface area contributed by atoms with E-state index in [1.807, 2.05) is 6.92 Å². The second-order valence-corrected chi connectivity index (χ2v) is 9.50. The molecule has 0 spiro atoms. The van der Waals surface area contributed by atoms with Gasteiger partial charge in [-0.05, 0) is 66.1 Å². The fourth-order valence-corrected chi connectivity index (χ4v) is 4.57. The summed E-state index contributed by atoms with van der Waals surface area (Å²) in [5, 5.41) is 9.91. The lowest BCUT2D eigenvalue weighted by Crippen LogP contribution is -2.35. The van der Waals surface area contributed by atoms with E-state index in [0.717, 1.165) is 16.7 Å². The van der Waals surface area contributed by atoms with Crippen molar-refractivity contribution in [3.63, 3.8) is 0 Å². The third kappa shape index (κ3) is 5.51. The molecule has 5 nitrogen and oxygen atoms in total. The number of rotatable bonds is 7. The van der Waals surface area contributed by atoms with Crippen LogP contribution < -0.4 is 4.74 Å². The molecule has 0 saturated heterocycles. The van der Waals surface area contributed by atoms with E-state index in [1.54, 1.807) is 48.5 Å². The minimum absolute atomic E-state index is 0.0661. The van der Waals surface area contributed by atoms with Gasteiger partial charge in [-0.3, -0.25) is 9.59 Å². The molecule has 0 radical (unpaired) electrons. The van der Waals surface area contributed by atoms with Gasteiger partial charge >= 0.3 is 5.97 Å². The molecule has 0 bridgehead atoms. The molecule has 0 aliphatic carbocycles. The number of carbonyl (C=O) groups excluding carboxylic acids is 1. The van der Waals surface area contributed by atoms with Crippen molar-refractivity contribution in [2.24, 2.45) is 0 Å². The molecule has 1 aliphatic rings. The molecular formula is C26H22Cl2FNO4. The zero-order valence-corrected chi connectivity index (χ0v) is 19.9. The molecule has 0 fully saturated rings. The maximum Gasteiger partial charge on any atom is 0.323 e. The van der Waals surface area contributed by atoms with Crippen LogP contribution in [-0.4, -0.2) is 34.0 Å². The Bertz CT molecular complexity index is 1270. The Balaban J connectivity index is 1.53. The molecule has 1 aliphatic heterocycles. The zero-order chi connectivity index (χ0) is 24.5. The number of halogens is 3. The molecule has 1 N–H and O–H groups in total. The van der Waals surface area contributed by atoms with Crippen LogP contribution in [0.5, 0.6) is 5.75 Å². The minimum atomic E-state index is -1.11. The summed E-state index contributed by atoms with van der Waals surface area (Å²) in [7, 11) is 0. The summed E-state index contributed by atoms with van der Waals surface area (Å²) in [4.78, 5) is 25.9. The number of carboxylic acid groups (broad SMARTS) is 1. The number of benzene rings is 3. The van der Waals surface area contributed by atoms with Crippen molar-refractivity contribution in [2.45, 2.75) is 31.9 Å². The summed E-state index contributed by atoms with van der Waals surface area (Å²) in [5.74, 6) is -1.35. The lowest BCUT2D eigenvalue weighted by Gasteiger charge is -2.24. The van der Waals surface area contributed by atoms with Crippen LogP contribution in [0, 0.1) is 5.82 Å². The monoisotopic (exact) mass is 501 g/mol. The van der Waals surface area contributed by atoms with Gasteiger partial charge in [-0.25, -0.2) is 4.39 Å². The van der Waals surface area contributed by atoms with Gasteiger partial charge in [-0.15, -0.1) is 0 Å². The Morgan fingerprint density at radius 3 is 2.59 bits per heavy atom. The number of amides is 1. The van der Waals surface area contributed by atoms with Crippen molar-refractivity contribution in [3.8, 4) is 5.75 Å². The van der Waals surface area contributed by atoms with Crippen LogP contribution in [-0.2, 0) is 24.2 Å². The third-order valence-electron chi connectivity index (χ3n) is 5.67. The fraction of sp³-hybridized carbons (Fsp3) is 0.231. The second kappa shape index (κ2) is 9.65. The summed E-state index contributed by atoms with van der Waals surface area (Å²) < 4.78 is 20.0. The Morgan fingerprint density at radius 2 is 1.88 bits per heavy atom. The van der Waals surface area contributed by atoms with Gasteiger partial charge < -0.3 is 14.7 Å². The Morgan fingerprint density at radius 1 is 1.09 bits per heavy atom. The van der Waals surface area contributed by atoms with Gasteiger partial charge in [0, 0.05) is 30.0 Å². The average molecular weight is 502 g/mol. The molecule has 8 heteroatoms. The van der Waals surface area contributed by atoms with E-state index in [-0.39, 0.29) is 11.6 Å². The van der Waals surface area contributed by atoms with E-state index in [9.17, 15) is 19.1 Å². The van der Waals surface area contributed by atoms with Gasteiger partial charge in [0.1, 0.15) is 23.7 Å². The first-order chi connectivity index (χ1) is 16.1. The van der Waals surface area contributed by atoms with Crippen LogP contribution in [0.15, 0.2) is 60.7 Å². The van der Waals surface area contributed by atoms with Gasteiger partial charge in [-0.1, -0.05) is 41.4 Å². The molecule has 3 aromatic carbocycles. The summed E-state index contributed by atoms with van der Waals surface area (Å²) in [6, 6.07) is 16.7. The molecule has 176 valence electrons. The van der Waals surface area contributed by atoms with Gasteiger partial charge in [0.2, 0.25) is 0 Å². The van der Waals surface area contributed by atoms with E-state index in [2.05, 4.69) is 0 Å². The largest absolute Gasteiger partial charge is 0.487 e. The number of hydrogen-bond acceptors (Lipinski definition) is 3. The summed E-state index contributed by atoms with van der Waals surface area (Å²) in [5.41, 5.74) is 2.07. The van der Waals surface area contributed by atoms with E-state index in [1.165, 1.54) is 17.0 Å². The highest BCUT2D eigenvalue weighted by molar-refractivity contribution is 6.31. The Hall–Kier alpha value is -3.09. The topological polar surface area (TPSA) is 66.8 Å².